The fourth-order valence-electron chi connectivity index (χ4n) is 3.29. The molecule has 1 fully saturated rings. The molecule has 0 spiro atoms. The molecule has 4 heteroatoms. The molecule has 112 valence electrons. The summed E-state index contributed by atoms with van der Waals surface area (Å²) >= 11 is 0. The Kier molecular flexibility index (Phi) is 4.36. The van der Waals surface area contributed by atoms with Gasteiger partial charge in [0.15, 0.2) is 0 Å². The highest BCUT2D eigenvalue weighted by Gasteiger charge is 2.28. The summed E-state index contributed by atoms with van der Waals surface area (Å²) in [6, 6.07) is 10.7. The molecule has 2 N–H and O–H groups in total. The summed E-state index contributed by atoms with van der Waals surface area (Å²) < 4.78 is 1.95. The van der Waals surface area contributed by atoms with E-state index in [-0.39, 0.29) is 12.1 Å². The largest absolute Gasteiger partial charge is 0.326 e. The minimum Gasteiger partial charge on any atom is -0.326 e. The van der Waals surface area contributed by atoms with Gasteiger partial charge in [0, 0.05) is 17.8 Å². The predicted octanol–water partition coefficient (Wildman–Crippen LogP) is 2.75. The standard InChI is InChI=1S/C17H24N4/c1-2-20-11-7-6-10-16(18)17(20)14-12-19-21(13-14)15-8-4-3-5-9-15/h3-5,8-9,12-13,16-17H,2,6-7,10-11,18H2,1H3. The van der Waals surface area contributed by atoms with Crippen molar-refractivity contribution in [2.24, 2.45) is 5.73 Å². The highest BCUT2D eigenvalue weighted by atomic mass is 15.3. The quantitative estimate of drug-likeness (QED) is 0.942. The van der Waals surface area contributed by atoms with E-state index in [2.05, 4.69) is 35.3 Å². The van der Waals surface area contributed by atoms with Gasteiger partial charge in [0.1, 0.15) is 0 Å². The van der Waals surface area contributed by atoms with Gasteiger partial charge < -0.3 is 5.73 Å². The average molecular weight is 284 g/mol. The number of hydrogen-bond donors (Lipinski definition) is 1. The molecule has 0 bridgehead atoms. The summed E-state index contributed by atoms with van der Waals surface area (Å²) in [4.78, 5) is 2.49. The van der Waals surface area contributed by atoms with Gasteiger partial charge in [0.2, 0.25) is 0 Å². The number of likely N-dealkylation sites (tertiary alicyclic amines) is 1. The zero-order valence-electron chi connectivity index (χ0n) is 12.7. The molecule has 1 saturated heterocycles. The second kappa shape index (κ2) is 6.41. The number of likely N-dealkylation sites (N-methyl/N-ethyl adjacent to an activating group) is 1. The highest BCUT2D eigenvalue weighted by molar-refractivity contribution is 5.31. The maximum Gasteiger partial charge on any atom is 0.0645 e. The Labute approximate surface area is 126 Å². The lowest BCUT2D eigenvalue weighted by atomic mass is 9.99. The van der Waals surface area contributed by atoms with E-state index in [1.807, 2.05) is 29.1 Å². The van der Waals surface area contributed by atoms with Gasteiger partial charge in [0.05, 0.1) is 17.9 Å². The van der Waals surface area contributed by atoms with Crippen molar-refractivity contribution in [1.29, 1.82) is 0 Å². The van der Waals surface area contributed by atoms with E-state index in [1.54, 1.807) is 0 Å². The van der Waals surface area contributed by atoms with Crippen molar-refractivity contribution in [1.82, 2.24) is 14.7 Å². The molecular formula is C17H24N4. The Morgan fingerprint density at radius 2 is 2.05 bits per heavy atom. The van der Waals surface area contributed by atoms with Crippen LogP contribution in [0.1, 0.15) is 37.8 Å². The lowest BCUT2D eigenvalue weighted by molar-refractivity contribution is 0.195. The lowest BCUT2D eigenvalue weighted by Crippen LogP contribution is -2.39. The van der Waals surface area contributed by atoms with Crippen LogP contribution in [-0.2, 0) is 0 Å². The number of nitrogens with zero attached hydrogens (tertiary/aromatic N) is 3. The van der Waals surface area contributed by atoms with Gasteiger partial charge in [0.25, 0.3) is 0 Å². The first-order valence-corrected chi connectivity index (χ1v) is 7.89. The molecule has 1 aromatic carbocycles. The minimum absolute atomic E-state index is 0.195. The molecule has 4 nitrogen and oxygen atoms in total. The molecule has 0 radical (unpaired) electrons. The van der Waals surface area contributed by atoms with Gasteiger partial charge in [-0.2, -0.15) is 5.10 Å². The summed E-state index contributed by atoms with van der Waals surface area (Å²) in [6.07, 6.45) is 7.67. The summed E-state index contributed by atoms with van der Waals surface area (Å²) in [5.41, 5.74) is 8.77. The number of rotatable bonds is 3. The third-order valence-electron chi connectivity index (χ3n) is 4.40. The van der Waals surface area contributed by atoms with Gasteiger partial charge >= 0.3 is 0 Å². The zero-order valence-corrected chi connectivity index (χ0v) is 12.7. The van der Waals surface area contributed by atoms with Crippen LogP contribution in [0, 0.1) is 0 Å². The normalized spacial score (nSPS) is 23.9. The van der Waals surface area contributed by atoms with E-state index in [0.29, 0.717) is 0 Å². The van der Waals surface area contributed by atoms with E-state index in [9.17, 15) is 0 Å². The third-order valence-corrected chi connectivity index (χ3v) is 4.40. The van der Waals surface area contributed by atoms with Crippen molar-refractivity contribution in [2.75, 3.05) is 13.1 Å². The van der Waals surface area contributed by atoms with Crippen molar-refractivity contribution in [3.05, 3.63) is 48.3 Å². The molecule has 0 amide bonds. The van der Waals surface area contributed by atoms with Gasteiger partial charge in [-0.1, -0.05) is 31.5 Å². The molecule has 1 aliphatic rings. The van der Waals surface area contributed by atoms with Crippen LogP contribution in [0.5, 0.6) is 0 Å². The zero-order chi connectivity index (χ0) is 14.7. The second-order valence-electron chi connectivity index (χ2n) is 5.79. The van der Waals surface area contributed by atoms with E-state index < -0.39 is 0 Å². The van der Waals surface area contributed by atoms with Gasteiger partial charge in [-0.25, -0.2) is 4.68 Å². The first-order valence-electron chi connectivity index (χ1n) is 7.89. The van der Waals surface area contributed by atoms with Crippen molar-refractivity contribution in [3.8, 4) is 5.69 Å². The van der Waals surface area contributed by atoms with Crippen molar-refractivity contribution in [2.45, 2.75) is 38.3 Å². The van der Waals surface area contributed by atoms with E-state index in [1.165, 1.54) is 18.4 Å². The molecule has 21 heavy (non-hydrogen) atoms. The first kappa shape index (κ1) is 14.3. The van der Waals surface area contributed by atoms with Crippen LogP contribution in [0.2, 0.25) is 0 Å². The molecule has 0 aliphatic carbocycles. The summed E-state index contributed by atoms with van der Waals surface area (Å²) in [5, 5.41) is 4.53. The summed E-state index contributed by atoms with van der Waals surface area (Å²) in [5.74, 6) is 0. The fourth-order valence-corrected chi connectivity index (χ4v) is 3.29. The van der Waals surface area contributed by atoms with Crippen LogP contribution in [0.4, 0.5) is 0 Å². The Morgan fingerprint density at radius 1 is 1.24 bits per heavy atom. The molecule has 1 aliphatic heterocycles. The second-order valence-corrected chi connectivity index (χ2v) is 5.79. The molecule has 0 saturated carbocycles. The summed E-state index contributed by atoms with van der Waals surface area (Å²) in [6.45, 7) is 4.38. The Morgan fingerprint density at radius 3 is 2.81 bits per heavy atom. The number of nitrogens with two attached hydrogens (primary N) is 1. The number of aromatic nitrogens is 2. The van der Waals surface area contributed by atoms with E-state index in [4.69, 9.17) is 5.73 Å². The smallest absolute Gasteiger partial charge is 0.0645 e. The third kappa shape index (κ3) is 3.01. The van der Waals surface area contributed by atoms with Crippen LogP contribution < -0.4 is 5.73 Å². The topological polar surface area (TPSA) is 47.1 Å². The van der Waals surface area contributed by atoms with Crippen molar-refractivity contribution < 1.29 is 0 Å². The van der Waals surface area contributed by atoms with Crippen molar-refractivity contribution in [3.63, 3.8) is 0 Å². The molecule has 1 aromatic heterocycles. The molecule has 2 atom stereocenters. The Balaban J connectivity index is 1.90. The fraction of sp³-hybridized carbons (Fsp3) is 0.471. The monoisotopic (exact) mass is 284 g/mol. The van der Waals surface area contributed by atoms with Crippen LogP contribution in [-0.4, -0.2) is 33.8 Å². The number of para-hydroxylation sites is 1. The number of hydrogen-bond acceptors (Lipinski definition) is 3. The molecular weight excluding hydrogens is 260 g/mol. The Bertz CT molecular complexity index is 563. The van der Waals surface area contributed by atoms with Gasteiger partial charge in [-0.05, 0) is 38.1 Å². The first-order chi connectivity index (χ1) is 10.3. The van der Waals surface area contributed by atoms with E-state index in [0.717, 1.165) is 25.2 Å². The molecule has 2 aromatic rings. The molecule has 2 heterocycles. The Hall–Kier alpha value is -1.65. The highest BCUT2D eigenvalue weighted by Crippen LogP contribution is 2.29. The lowest BCUT2D eigenvalue weighted by Gasteiger charge is -2.31. The SMILES string of the molecule is CCN1CCCCC(N)C1c1cnn(-c2ccccc2)c1. The van der Waals surface area contributed by atoms with Crippen LogP contribution in [0.25, 0.3) is 5.69 Å². The van der Waals surface area contributed by atoms with Gasteiger partial charge in [-0.15, -0.1) is 0 Å². The predicted molar refractivity (Wildman–Crippen MR) is 85.4 cm³/mol. The summed E-state index contributed by atoms with van der Waals surface area (Å²) in [7, 11) is 0. The van der Waals surface area contributed by atoms with E-state index >= 15 is 0 Å². The minimum atomic E-state index is 0.195. The average Bonchev–Trinajstić information content (AvgIpc) is 2.92. The maximum atomic E-state index is 6.45. The van der Waals surface area contributed by atoms with Crippen LogP contribution in [0.15, 0.2) is 42.7 Å². The van der Waals surface area contributed by atoms with Crippen LogP contribution in [0.3, 0.4) is 0 Å². The van der Waals surface area contributed by atoms with Crippen LogP contribution >= 0.6 is 0 Å². The number of benzene rings is 1. The van der Waals surface area contributed by atoms with Gasteiger partial charge in [-0.3, -0.25) is 4.90 Å². The molecule has 2 unspecified atom stereocenters. The maximum absolute atomic E-state index is 6.45. The van der Waals surface area contributed by atoms with Crippen molar-refractivity contribution >= 4 is 0 Å². The molecule has 3 rings (SSSR count).